The molecule has 9 nitrogen and oxygen atoms in total. The van der Waals surface area contributed by atoms with E-state index in [9.17, 15) is 19.5 Å². The fourth-order valence-electron chi connectivity index (χ4n) is 3.52. The van der Waals surface area contributed by atoms with Gasteiger partial charge in [0, 0.05) is 5.92 Å². The van der Waals surface area contributed by atoms with Gasteiger partial charge in [-0.15, -0.1) is 0 Å². The van der Waals surface area contributed by atoms with E-state index in [-0.39, 0.29) is 12.5 Å². The summed E-state index contributed by atoms with van der Waals surface area (Å²) in [6.07, 6.45) is -5.21. The first kappa shape index (κ1) is 21.3. The Balaban J connectivity index is 1.55. The normalized spacial score (nSPS) is 16.0. The molecule has 0 heterocycles. The number of aliphatic hydroxyl groups is 2. The number of benzene rings is 2. The van der Waals surface area contributed by atoms with Gasteiger partial charge in [-0.3, -0.25) is 4.79 Å². The molecular formula is C21H22N2O7. The van der Waals surface area contributed by atoms with Crippen LogP contribution in [0.2, 0.25) is 0 Å². The van der Waals surface area contributed by atoms with E-state index in [0.717, 1.165) is 27.8 Å². The van der Waals surface area contributed by atoms with Gasteiger partial charge in [0.05, 0.1) is 6.67 Å². The lowest BCUT2D eigenvalue weighted by Crippen LogP contribution is -2.48. The van der Waals surface area contributed by atoms with Gasteiger partial charge in [0.25, 0.3) is 5.91 Å². The third-order valence-electron chi connectivity index (χ3n) is 4.98. The lowest BCUT2D eigenvalue weighted by molar-refractivity contribution is -0.158. The second-order valence-corrected chi connectivity index (χ2v) is 6.90. The molecule has 1 aliphatic carbocycles. The Bertz CT molecular complexity index is 976. The summed E-state index contributed by atoms with van der Waals surface area (Å²) in [4.78, 5) is 34.1. The van der Waals surface area contributed by atoms with E-state index in [0.29, 0.717) is 0 Å². The number of hydrogen-bond donors (Lipinski definition) is 5. The number of aliphatic carboxylic acids is 1. The third-order valence-corrected chi connectivity index (χ3v) is 4.98. The zero-order chi connectivity index (χ0) is 21.8. The molecule has 158 valence electrons. The maximum Gasteiger partial charge on any atom is 0.408 e. The minimum atomic E-state index is -2.26. The molecule has 0 saturated heterocycles. The first-order valence-electron chi connectivity index (χ1n) is 9.27. The van der Waals surface area contributed by atoms with Crippen LogP contribution in [0.3, 0.4) is 0 Å². The number of rotatable bonds is 7. The molecule has 0 bridgehead atoms. The van der Waals surface area contributed by atoms with Crippen molar-refractivity contribution in [1.82, 2.24) is 10.6 Å². The zero-order valence-electron chi connectivity index (χ0n) is 16.2. The fourth-order valence-corrected chi connectivity index (χ4v) is 3.52. The van der Waals surface area contributed by atoms with E-state index in [1.807, 2.05) is 49.4 Å². The summed E-state index contributed by atoms with van der Waals surface area (Å²) in [5, 5.41) is 31.5. The molecule has 3 rings (SSSR count). The summed E-state index contributed by atoms with van der Waals surface area (Å²) in [6, 6.07) is 13.9. The van der Waals surface area contributed by atoms with Gasteiger partial charge in [0.1, 0.15) is 6.61 Å². The standard InChI is InChI=1S/C21H22N2O7/c1-11-5-4-8-14-15(12-6-2-3-7-13(12)16(11)14)9-30-21(29)23-10-22-19(26)17(24)18(25)20(27)28/h2-8,15,17-18,24-25H,9-10H2,1H3,(H,22,26)(H,23,29)(H,27,28). The monoisotopic (exact) mass is 414 g/mol. The summed E-state index contributed by atoms with van der Waals surface area (Å²) in [7, 11) is 0. The van der Waals surface area contributed by atoms with Crippen LogP contribution in [0.25, 0.3) is 11.1 Å². The van der Waals surface area contributed by atoms with Crippen LogP contribution >= 0.6 is 0 Å². The van der Waals surface area contributed by atoms with Gasteiger partial charge in [-0.2, -0.15) is 0 Å². The summed E-state index contributed by atoms with van der Waals surface area (Å²) >= 11 is 0. The lowest BCUT2D eigenvalue weighted by Gasteiger charge is -2.16. The first-order chi connectivity index (χ1) is 14.3. The summed E-state index contributed by atoms with van der Waals surface area (Å²) in [6.45, 7) is 1.72. The molecular weight excluding hydrogens is 392 g/mol. The number of carbonyl (C=O) groups is 3. The molecule has 3 unspecified atom stereocenters. The average Bonchev–Trinajstić information content (AvgIpc) is 3.05. The van der Waals surface area contributed by atoms with E-state index in [1.54, 1.807) is 0 Å². The minimum absolute atomic E-state index is 0.0909. The molecule has 0 aliphatic heterocycles. The molecule has 3 atom stereocenters. The van der Waals surface area contributed by atoms with Crippen LogP contribution in [-0.2, 0) is 14.3 Å². The number of hydrogen-bond acceptors (Lipinski definition) is 6. The van der Waals surface area contributed by atoms with Crippen molar-refractivity contribution in [3.8, 4) is 11.1 Å². The van der Waals surface area contributed by atoms with Gasteiger partial charge in [0.2, 0.25) is 0 Å². The minimum Gasteiger partial charge on any atom is -0.479 e. The average molecular weight is 414 g/mol. The number of aliphatic hydroxyl groups excluding tert-OH is 2. The maximum atomic E-state index is 12.0. The highest BCUT2D eigenvalue weighted by Crippen LogP contribution is 2.46. The number of amides is 2. The number of carboxylic acid groups (broad SMARTS) is 1. The Hall–Kier alpha value is -3.43. The summed E-state index contributed by atoms with van der Waals surface area (Å²) in [5.41, 5.74) is 5.52. The molecule has 0 saturated carbocycles. The third kappa shape index (κ3) is 4.27. The molecule has 2 amide bonds. The maximum absolute atomic E-state index is 12.0. The molecule has 2 aromatic carbocycles. The molecule has 0 spiro atoms. The van der Waals surface area contributed by atoms with Crippen LogP contribution in [-0.4, -0.2) is 58.8 Å². The summed E-state index contributed by atoms with van der Waals surface area (Å²) in [5.74, 6) is -3.00. The molecule has 1 aliphatic rings. The first-order valence-corrected chi connectivity index (χ1v) is 9.27. The van der Waals surface area contributed by atoms with Gasteiger partial charge < -0.3 is 30.7 Å². The van der Waals surface area contributed by atoms with Crippen molar-refractivity contribution in [1.29, 1.82) is 0 Å². The van der Waals surface area contributed by atoms with E-state index in [2.05, 4.69) is 10.6 Å². The van der Waals surface area contributed by atoms with E-state index in [4.69, 9.17) is 14.9 Å². The van der Waals surface area contributed by atoms with Crippen molar-refractivity contribution in [2.75, 3.05) is 13.3 Å². The highest BCUT2D eigenvalue weighted by Gasteiger charge is 2.31. The molecule has 0 radical (unpaired) electrons. The SMILES string of the molecule is Cc1cccc2c1-c1ccccc1C2COC(=O)NCNC(=O)C(O)C(O)C(=O)O. The topological polar surface area (TPSA) is 145 Å². The number of carbonyl (C=O) groups excluding carboxylic acids is 2. The Labute approximate surface area is 172 Å². The molecule has 5 N–H and O–H groups in total. The fraction of sp³-hybridized carbons (Fsp3) is 0.286. The van der Waals surface area contributed by atoms with Crippen LogP contribution in [0.5, 0.6) is 0 Å². The van der Waals surface area contributed by atoms with Crippen LogP contribution in [0.4, 0.5) is 4.79 Å². The van der Waals surface area contributed by atoms with Gasteiger partial charge in [-0.1, -0.05) is 42.5 Å². The van der Waals surface area contributed by atoms with E-state index < -0.39 is 36.8 Å². The Morgan fingerprint density at radius 3 is 2.43 bits per heavy atom. The largest absolute Gasteiger partial charge is 0.479 e. The van der Waals surface area contributed by atoms with Crippen molar-refractivity contribution >= 4 is 18.0 Å². The lowest BCUT2D eigenvalue weighted by atomic mass is 9.97. The van der Waals surface area contributed by atoms with Crippen molar-refractivity contribution in [2.24, 2.45) is 0 Å². The molecule has 30 heavy (non-hydrogen) atoms. The molecule has 0 fully saturated rings. The van der Waals surface area contributed by atoms with Crippen molar-refractivity contribution in [2.45, 2.75) is 25.0 Å². The van der Waals surface area contributed by atoms with Gasteiger partial charge in [-0.05, 0) is 34.7 Å². The quantitative estimate of drug-likeness (QED) is 0.420. The number of aryl methyl sites for hydroxylation is 1. The number of fused-ring (bicyclic) bond motifs is 3. The Kier molecular flexibility index (Phi) is 6.34. The molecule has 0 aromatic heterocycles. The second-order valence-electron chi connectivity index (χ2n) is 6.90. The smallest absolute Gasteiger partial charge is 0.408 e. The van der Waals surface area contributed by atoms with Crippen LogP contribution in [0.1, 0.15) is 22.6 Å². The van der Waals surface area contributed by atoms with Gasteiger partial charge >= 0.3 is 12.1 Å². The van der Waals surface area contributed by atoms with Crippen LogP contribution in [0.15, 0.2) is 42.5 Å². The zero-order valence-corrected chi connectivity index (χ0v) is 16.2. The van der Waals surface area contributed by atoms with Crippen LogP contribution in [0, 0.1) is 6.92 Å². The highest BCUT2D eigenvalue weighted by molar-refractivity contribution is 5.87. The van der Waals surface area contributed by atoms with Gasteiger partial charge in [-0.25, -0.2) is 9.59 Å². The van der Waals surface area contributed by atoms with Crippen molar-refractivity contribution in [3.05, 3.63) is 59.2 Å². The second kappa shape index (κ2) is 8.93. The van der Waals surface area contributed by atoms with Crippen molar-refractivity contribution < 1.29 is 34.4 Å². The predicted molar refractivity (Wildman–Crippen MR) is 106 cm³/mol. The highest BCUT2D eigenvalue weighted by atomic mass is 16.5. The Morgan fingerprint density at radius 2 is 1.70 bits per heavy atom. The number of nitrogens with one attached hydrogen (secondary N) is 2. The molecule has 9 heteroatoms. The van der Waals surface area contributed by atoms with Crippen LogP contribution < -0.4 is 10.6 Å². The predicted octanol–water partition coefficient (Wildman–Crippen LogP) is 0.714. The van der Waals surface area contributed by atoms with E-state index in [1.165, 1.54) is 0 Å². The number of ether oxygens (including phenoxy) is 1. The van der Waals surface area contributed by atoms with E-state index >= 15 is 0 Å². The van der Waals surface area contributed by atoms with Crippen molar-refractivity contribution in [3.63, 3.8) is 0 Å². The molecule has 2 aromatic rings. The van der Waals surface area contributed by atoms with Gasteiger partial charge in [0.15, 0.2) is 12.2 Å². The summed E-state index contributed by atoms with van der Waals surface area (Å²) < 4.78 is 5.30. The Morgan fingerprint density at radius 1 is 1.00 bits per heavy atom. The number of carboxylic acids is 1. The number of alkyl carbamates (subject to hydrolysis) is 1.